The second kappa shape index (κ2) is 5.51. The molecule has 5 nitrogen and oxygen atoms in total. The number of rotatable bonds is 5. The molecule has 120 valence electrons. The van der Waals surface area contributed by atoms with Gasteiger partial charge in [0.05, 0.1) is 18.1 Å². The number of sulfonamides is 1. The van der Waals surface area contributed by atoms with Gasteiger partial charge in [-0.3, -0.25) is 0 Å². The summed E-state index contributed by atoms with van der Waals surface area (Å²) in [6.07, 6.45) is 3.69. The highest BCUT2D eigenvalue weighted by Gasteiger charge is 2.40. The smallest absolute Gasteiger partial charge is 0.243 e. The minimum atomic E-state index is -3.42. The number of fused-ring (bicyclic) bond motifs is 1. The Bertz CT molecular complexity index is 663. The molecular formula is C16H21NO4S. The Balaban J connectivity index is 1.62. The lowest BCUT2D eigenvalue weighted by atomic mass is 10.1. The summed E-state index contributed by atoms with van der Waals surface area (Å²) in [5.74, 6) is 1.15. The summed E-state index contributed by atoms with van der Waals surface area (Å²) in [6, 6.07) is 5.44. The molecule has 1 aromatic rings. The molecular weight excluding hydrogens is 302 g/mol. The molecule has 1 saturated carbocycles. The first-order chi connectivity index (χ1) is 10.6. The van der Waals surface area contributed by atoms with E-state index in [0.29, 0.717) is 30.6 Å². The van der Waals surface area contributed by atoms with Gasteiger partial charge in [-0.25, -0.2) is 8.42 Å². The number of nitrogens with zero attached hydrogens (tertiary/aromatic N) is 1. The first-order valence-corrected chi connectivity index (χ1v) is 9.44. The van der Waals surface area contributed by atoms with Crippen LogP contribution >= 0.6 is 0 Å². The van der Waals surface area contributed by atoms with Gasteiger partial charge in [-0.05, 0) is 48.9 Å². The predicted octanol–water partition coefficient (Wildman–Crippen LogP) is 1.81. The Morgan fingerprint density at radius 1 is 1.18 bits per heavy atom. The van der Waals surface area contributed by atoms with Crippen LogP contribution in [0.1, 0.15) is 24.8 Å². The second-order valence-electron chi connectivity index (χ2n) is 6.40. The van der Waals surface area contributed by atoms with E-state index in [0.717, 1.165) is 43.6 Å². The molecule has 0 N–H and O–H groups in total. The van der Waals surface area contributed by atoms with Crippen molar-refractivity contribution in [3.63, 3.8) is 0 Å². The van der Waals surface area contributed by atoms with Crippen LogP contribution in [0.4, 0.5) is 0 Å². The van der Waals surface area contributed by atoms with Gasteiger partial charge in [0.25, 0.3) is 0 Å². The van der Waals surface area contributed by atoms with Gasteiger partial charge >= 0.3 is 0 Å². The fourth-order valence-corrected chi connectivity index (χ4v) is 5.06. The number of hydrogen-bond donors (Lipinski definition) is 0. The van der Waals surface area contributed by atoms with Crippen LogP contribution in [-0.4, -0.2) is 45.1 Å². The van der Waals surface area contributed by atoms with Crippen molar-refractivity contribution in [3.05, 3.63) is 23.8 Å². The van der Waals surface area contributed by atoms with Crippen LogP contribution in [0.25, 0.3) is 0 Å². The van der Waals surface area contributed by atoms with E-state index in [1.165, 1.54) is 0 Å². The highest BCUT2D eigenvalue weighted by molar-refractivity contribution is 7.89. The van der Waals surface area contributed by atoms with Gasteiger partial charge in [-0.1, -0.05) is 0 Å². The van der Waals surface area contributed by atoms with Crippen LogP contribution < -0.4 is 4.74 Å². The van der Waals surface area contributed by atoms with Crippen LogP contribution in [0.2, 0.25) is 0 Å². The van der Waals surface area contributed by atoms with Crippen molar-refractivity contribution in [2.75, 3.05) is 26.4 Å². The zero-order valence-corrected chi connectivity index (χ0v) is 13.3. The molecule has 1 aliphatic carbocycles. The zero-order valence-electron chi connectivity index (χ0n) is 12.5. The molecule has 2 heterocycles. The molecule has 2 aliphatic heterocycles. The summed E-state index contributed by atoms with van der Waals surface area (Å²) in [7, 11) is -3.42. The van der Waals surface area contributed by atoms with Gasteiger partial charge in [0.2, 0.25) is 10.0 Å². The van der Waals surface area contributed by atoms with E-state index in [2.05, 4.69) is 0 Å². The third-order valence-electron chi connectivity index (χ3n) is 4.68. The highest BCUT2D eigenvalue weighted by Crippen LogP contribution is 2.35. The van der Waals surface area contributed by atoms with Crippen LogP contribution in [0, 0.1) is 5.92 Å². The van der Waals surface area contributed by atoms with Crippen molar-refractivity contribution in [1.29, 1.82) is 0 Å². The normalized spacial score (nSPS) is 24.5. The van der Waals surface area contributed by atoms with Crippen molar-refractivity contribution in [3.8, 4) is 5.75 Å². The summed E-state index contributed by atoms with van der Waals surface area (Å²) >= 11 is 0. The van der Waals surface area contributed by atoms with Gasteiger partial charge in [0.1, 0.15) is 5.75 Å². The molecule has 3 aliphatic rings. The molecule has 0 aromatic heterocycles. The molecule has 0 amide bonds. The average molecular weight is 323 g/mol. The van der Waals surface area contributed by atoms with Gasteiger partial charge in [0, 0.05) is 25.6 Å². The van der Waals surface area contributed by atoms with Crippen molar-refractivity contribution in [2.45, 2.75) is 36.6 Å². The van der Waals surface area contributed by atoms with Gasteiger partial charge in [-0.15, -0.1) is 0 Å². The summed E-state index contributed by atoms with van der Waals surface area (Å²) in [6.45, 7) is 2.65. The van der Waals surface area contributed by atoms with E-state index in [-0.39, 0.29) is 6.04 Å². The Morgan fingerprint density at radius 3 is 2.77 bits per heavy atom. The number of ether oxygens (including phenoxy) is 2. The molecule has 4 rings (SSSR count). The molecule has 0 bridgehead atoms. The summed E-state index contributed by atoms with van der Waals surface area (Å²) in [4.78, 5) is 0.405. The molecule has 1 aromatic carbocycles. The standard InChI is InChI=1S/C16H21NO4S/c18-22(19,15-3-4-16-13(9-15)6-8-21-16)17(14-1-2-14)10-12-5-7-20-11-12/h3-4,9,12,14H,1-2,5-8,10-11H2/t12-/m1/s1. The molecule has 0 spiro atoms. The van der Waals surface area contributed by atoms with Crippen molar-refractivity contribution >= 4 is 10.0 Å². The largest absolute Gasteiger partial charge is 0.493 e. The van der Waals surface area contributed by atoms with E-state index in [1.807, 2.05) is 0 Å². The molecule has 1 saturated heterocycles. The quantitative estimate of drug-likeness (QED) is 0.829. The van der Waals surface area contributed by atoms with Gasteiger partial charge in [-0.2, -0.15) is 4.31 Å². The summed E-state index contributed by atoms with van der Waals surface area (Å²) in [5.41, 5.74) is 1.00. The van der Waals surface area contributed by atoms with E-state index in [1.54, 1.807) is 22.5 Å². The maximum Gasteiger partial charge on any atom is 0.243 e. The van der Waals surface area contributed by atoms with Crippen LogP contribution in [0.15, 0.2) is 23.1 Å². The Kier molecular flexibility index (Phi) is 3.63. The SMILES string of the molecule is O=S(=O)(c1ccc2c(c1)CCO2)N(C[C@H]1CCOC1)C1CC1. The molecule has 22 heavy (non-hydrogen) atoms. The first kappa shape index (κ1) is 14.5. The molecule has 0 unspecified atom stereocenters. The maximum absolute atomic E-state index is 13.0. The van der Waals surface area contributed by atoms with E-state index >= 15 is 0 Å². The lowest BCUT2D eigenvalue weighted by molar-refractivity contribution is 0.180. The Hall–Kier alpha value is -1.11. The van der Waals surface area contributed by atoms with Crippen LogP contribution in [-0.2, 0) is 21.2 Å². The summed E-state index contributed by atoms with van der Waals surface area (Å²) < 4.78 is 38.7. The predicted molar refractivity (Wildman–Crippen MR) is 81.5 cm³/mol. The Labute approximate surface area is 131 Å². The van der Waals surface area contributed by atoms with Crippen molar-refractivity contribution < 1.29 is 17.9 Å². The highest BCUT2D eigenvalue weighted by atomic mass is 32.2. The van der Waals surface area contributed by atoms with Crippen molar-refractivity contribution in [1.82, 2.24) is 4.31 Å². The minimum absolute atomic E-state index is 0.176. The van der Waals surface area contributed by atoms with E-state index in [4.69, 9.17) is 9.47 Å². The van der Waals surface area contributed by atoms with Crippen molar-refractivity contribution in [2.24, 2.45) is 5.92 Å². The first-order valence-electron chi connectivity index (χ1n) is 8.00. The second-order valence-corrected chi connectivity index (χ2v) is 8.29. The third-order valence-corrected chi connectivity index (χ3v) is 6.60. The van der Waals surface area contributed by atoms with E-state index < -0.39 is 10.0 Å². The summed E-state index contributed by atoms with van der Waals surface area (Å²) in [5, 5.41) is 0. The Morgan fingerprint density at radius 2 is 2.05 bits per heavy atom. The molecule has 0 radical (unpaired) electrons. The van der Waals surface area contributed by atoms with E-state index in [9.17, 15) is 8.42 Å². The topological polar surface area (TPSA) is 55.8 Å². The number of benzene rings is 1. The van der Waals surface area contributed by atoms with Crippen LogP contribution in [0.5, 0.6) is 5.75 Å². The number of hydrogen-bond acceptors (Lipinski definition) is 4. The fraction of sp³-hybridized carbons (Fsp3) is 0.625. The maximum atomic E-state index is 13.0. The lowest BCUT2D eigenvalue weighted by Gasteiger charge is -2.24. The average Bonchev–Trinajstić information content (AvgIpc) is 3.02. The minimum Gasteiger partial charge on any atom is -0.493 e. The molecule has 1 atom stereocenters. The molecule has 2 fully saturated rings. The monoisotopic (exact) mass is 323 g/mol. The lowest BCUT2D eigenvalue weighted by Crippen LogP contribution is -2.37. The fourth-order valence-electron chi connectivity index (χ4n) is 3.25. The zero-order chi connectivity index (χ0) is 15.2. The molecule has 6 heteroatoms. The van der Waals surface area contributed by atoms with Gasteiger partial charge in [0.15, 0.2) is 0 Å². The van der Waals surface area contributed by atoms with Crippen LogP contribution in [0.3, 0.4) is 0 Å². The van der Waals surface area contributed by atoms with Gasteiger partial charge < -0.3 is 9.47 Å². The third kappa shape index (κ3) is 2.64.